The van der Waals surface area contributed by atoms with E-state index in [2.05, 4.69) is 110 Å². The number of benzene rings is 3. The quantitative estimate of drug-likeness (QED) is 0.154. The molecule has 3 aromatic rings. The SMILES string of the molecule is C#Cc1ccc(CC2CCC(C(C(=C)CCc3ccccc3)c3ccc(C4=CC(=C)C(C)C=C4)cc3)CC2)cc1CC1CCC1. The first kappa shape index (κ1) is 31.2. The van der Waals surface area contributed by atoms with Crippen LogP contribution in [0.5, 0.6) is 0 Å². The zero-order valence-corrected chi connectivity index (χ0v) is 27.3. The zero-order chi connectivity index (χ0) is 31.2. The van der Waals surface area contributed by atoms with Crippen molar-refractivity contribution < 1.29 is 0 Å². The van der Waals surface area contributed by atoms with Crippen molar-refractivity contribution in [3.8, 4) is 12.3 Å². The zero-order valence-electron chi connectivity index (χ0n) is 27.3. The van der Waals surface area contributed by atoms with E-state index in [-0.39, 0.29) is 0 Å². The van der Waals surface area contributed by atoms with E-state index in [0.717, 1.165) is 36.7 Å². The average molecular weight is 591 g/mol. The molecular formula is C45H50. The van der Waals surface area contributed by atoms with E-state index >= 15 is 0 Å². The van der Waals surface area contributed by atoms with Crippen LogP contribution in [0, 0.1) is 36.0 Å². The minimum atomic E-state index is 0.401. The maximum absolute atomic E-state index is 5.88. The minimum absolute atomic E-state index is 0.401. The second-order valence-corrected chi connectivity index (χ2v) is 14.2. The molecule has 0 bridgehead atoms. The Morgan fingerprint density at radius 2 is 1.60 bits per heavy atom. The second-order valence-electron chi connectivity index (χ2n) is 14.2. The van der Waals surface area contributed by atoms with E-state index in [0.29, 0.717) is 17.8 Å². The molecule has 2 unspecified atom stereocenters. The molecular weight excluding hydrogens is 540 g/mol. The molecule has 3 aliphatic rings. The lowest BCUT2D eigenvalue weighted by atomic mass is 9.69. The van der Waals surface area contributed by atoms with Gasteiger partial charge in [0, 0.05) is 11.5 Å². The van der Waals surface area contributed by atoms with Gasteiger partial charge in [-0.3, -0.25) is 0 Å². The minimum Gasteiger partial charge on any atom is -0.115 e. The summed E-state index contributed by atoms with van der Waals surface area (Å²) in [6.45, 7) is 11.2. The van der Waals surface area contributed by atoms with Gasteiger partial charge >= 0.3 is 0 Å². The fourth-order valence-corrected chi connectivity index (χ4v) is 7.91. The predicted octanol–water partition coefficient (Wildman–Crippen LogP) is 11.5. The van der Waals surface area contributed by atoms with Crippen molar-refractivity contribution in [1.29, 1.82) is 0 Å². The van der Waals surface area contributed by atoms with Crippen LogP contribution in [0.2, 0.25) is 0 Å². The third kappa shape index (κ3) is 7.71. The predicted molar refractivity (Wildman–Crippen MR) is 193 cm³/mol. The molecule has 0 N–H and O–H groups in total. The standard InChI is InChI=1S/C45H50/c1-5-39-21-19-38(31-44(39)30-36-12-9-13-36)29-37-17-22-41(23-18-37)45(33(3)14-16-35-10-7-6-8-11-35)42-26-24-40(25-27-42)43-20-15-32(2)34(4)28-43/h1,6-8,10-11,15,19-21,24-28,31-32,36-37,41,45H,3-4,9,12-14,16-18,22-23,29-30H2,2H3. The lowest BCUT2D eigenvalue weighted by molar-refractivity contribution is 0.252. The summed E-state index contributed by atoms with van der Waals surface area (Å²) in [5.41, 5.74) is 11.9. The summed E-state index contributed by atoms with van der Waals surface area (Å²) in [5, 5.41) is 0. The van der Waals surface area contributed by atoms with Crippen LogP contribution in [-0.2, 0) is 19.3 Å². The third-order valence-electron chi connectivity index (χ3n) is 11.1. The third-order valence-corrected chi connectivity index (χ3v) is 11.1. The first-order valence-corrected chi connectivity index (χ1v) is 17.5. The Kier molecular flexibility index (Phi) is 10.1. The molecule has 2 fully saturated rings. The van der Waals surface area contributed by atoms with Gasteiger partial charge in [0.05, 0.1) is 0 Å². The number of hydrogen-bond acceptors (Lipinski definition) is 0. The van der Waals surface area contributed by atoms with Gasteiger partial charge in [0.1, 0.15) is 0 Å². The second kappa shape index (κ2) is 14.5. The van der Waals surface area contributed by atoms with Crippen molar-refractivity contribution in [2.75, 3.05) is 0 Å². The van der Waals surface area contributed by atoms with Crippen LogP contribution in [0.1, 0.15) is 97.6 Å². The van der Waals surface area contributed by atoms with Gasteiger partial charge in [-0.05, 0) is 120 Å². The Bertz CT molecular complexity index is 1580. The highest BCUT2D eigenvalue weighted by Crippen LogP contribution is 2.44. The first-order chi connectivity index (χ1) is 22.0. The molecule has 0 aromatic heterocycles. The molecule has 230 valence electrons. The molecule has 6 rings (SSSR count). The maximum atomic E-state index is 5.88. The molecule has 0 aliphatic heterocycles. The maximum Gasteiger partial charge on any atom is 0.0274 e. The van der Waals surface area contributed by atoms with Crippen LogP contribution in [-0.4, -0.2) is 0 Å². The van der Waals surface area contributed by atoms with E-state index in [1.807, 2.05) is 0 Å². The lowest BCUT2D eigenvalue weighted by Crippen LogP contribution is -2.23. The van der Waals surface area contributed by atoms with E-state index in [9.17, 15) is 0 Å². The molecule has 0 nitrogen and oxygen atoms in total. The van der Waals surface area contributed by atoms with Gasteiger partial charge in [-0.15, -0.1) is 6.42 Å². The van der Waals surface area contributed by atoms with Crippen molar-refractivity contribution in [2.24, 2.45) is 23.7 Å². The summed E-state index contributed by atoms with van der Waals surface area (Å²) >= 11 is 0. The highest BCUT2D eigenvalue weighted by atomic mass is 14.4. The van der Waals surface area contributed by atoms with Gasteiger partial charge in [0.15, 0.2) is 0 Å². The molecule has 0 heterocycles. The Balaban J connectivity index is 1.15. The summed E-state index contributed by atoms with van der Waals surface area (Å²) in [5.74, 6) is 5.99. The van der Waals surface area contributed by atoms with Crippen LogP contribution in [0.4, 0.5) is 0 Å². The normalized spacial score (nSPS) is 22.3. The van der Waals surface area contributed by atoms with Crippen LogP contribution in [0.15, 0.2) is 115 Å². The number of hydrogen-bond donors (Lipinski definition) is 0. The van der Waals surface area contributed by atoms with Crippen LogP contribution < -0.4 is 0 Å². The summed E-state index contributed by atoms with van der Waals surface area (Å²) in [4.78, 5) is 0. The Labute approximate surface area is 273 Å². The largest absolute Gasteiger partial charge is 0.115 e. The molecule has 0 spiro atoms. The number of rotatable bonds is 11. The first-order valence-electron chi connectivity index (χ1n) is 17.5. The van der Waals surface area contributed by atoms with Gasteiger partial charge in [-0.2, -0.15) is 0 Å². The fourth-order valence-electron chi connectivity index (χ4n) is 7.91. The molecule has 0 saturated heterocycles. The van der Waals surface area contributed by atoms with Gasteiger partial charge < -0.3 is 0 Å². The molecule has 3 aliphatic carbocycles. The number of allylic oxidation sites excluding steroid dienone is 6. The van der Waals surface area contributed by atoms with Crippen LogP contribution in [0.25, 0.3) is 5.57 Å². The van der Waals surface area contributed by atoms with Gasteiger partial charge in [0.25, 0.3) is 0 Å². The fraction of sp³-hybridized carbons (Fsp3) is 0.378. The summed E-state index contributed by atoms with van der Waals surface area (Å²) in [7, 11) is 0. The van der Waals surface area contributed by atoms with Gasteiger partial charge in [-0.25, -0.2) is 0 Å². The summed E-state index contributed by atoms with van der Waals surface area (Å²) in [6, 6.07) is 27.2. The van der Waals surface area contributed by atoms with Crippen LogP contribution >= 0.6 is 0 Å². The average Bonchev–Trinajstić information content (AvgIpc) is 3.05. The molecule has 2 atom stereocenters. The molecule has 45 heavy (non-hydrogen) atoms. The van der Waals surface area contributed by atoms with Gasteiger partial charge in [0.2, 0.25) is 0 Å². The lowest BCUT2D eigenvalue weighted by Gasteiger charge is -2.36. The topological polar surface area (TPSA) is 0 Å². The van der Waals surface area contributed by atoms with Crippen molar-refractivity contribution in [2.45, 2.75) is 83.5 Å². The highest BCUT2D eigenvalue weighted by Gasteiger charge is 2.30. The van der Waals surface area contributed by atoms with E-state index in [1.54, 1.807) is 0 Å². The molecule has 3 aromatic carbocycles. The van der Waals surface area contributed by atoms with Crippen molar-refractivity contribution in [3.05, 3.63) is 149 Å². The summed E-state index contributed by atoms with van der Waals surface area (Å²) < 4.78 is 0. The van der Waals surface area contributed by atoms with Gasteiger partial charge in [-0.1, -0.05) is 136 Å². The van der Waals surface area contributed by atoms with Crippen molar-refractivity contribution >= 4 is 5.57 Å². The number of aryl methyl sites for hydroxylation is 1. The van der Waals surface area contributed by atoms with Crippen molar-refractivity contribution in [1.82, 2.24) is 0 Å². The smallest absolute Gasteiger partial charge is 0.0274 e. The molecule has 0 radical (unpaired) electrons. The Hall–Kier alpha value is -3.82. The van der Waals surface area contributed by atoms with Crippen molar-refractivity contribution in [3.63, 3.8) is 0 Å². The van der Waals surface area contributed by atoms with E-state index in [1.165, 1.54) is 95.9 Å². The molecule has 2 saturated carbocycles. The monoisotopic (exact) mass is 590 g/mol. The van der Waals surface area contributed by atoms with E-state index < -0.39 is 0 Å². The molecule has 0 amide bonds. The van der Waals surface area contributed by atoms with Crippen LogP contribution in [0.3, 0.4) is 0 Å². The molecule has 0 heteroatoms. The van der Waals surface area contributed by atoms with E-state index in [4.69, 9.17) is 13.0 Å². The summed E-state index contributed by atoms with van der Waals surface area (Å²) in [6.07, 6.45) is 26.3. The Morgan fingerprint density at radius 1 is 0.867 bits per heavy atom. The number of terminal acetylenes is 1. The Morgan fingerprint density at radius 3 is 2.27 bits per heavy atom. The highest BCUT2D eigenvalue weighted by molar-refractivity contribution is 5.78.